The second-order valence-electron chi connectivity index (χ2n) is 22.7. The number of hydrogen-bond donors (Lipinski definition) is 0. The van der Waals surface area contributed by atoms with E-state index in [-0.39, 0.29) is 38.6 Å². The first-order valence-electron chi connectivity index (χ1n) is 32.7. The number of carboxylic acids is 1. The van der Waals surface area contributed by atoms with Gasteiger partial charge < -0.3 is 33.3 Å². The molecular formula is C72H121NO8. The molecule has 0 saturated carbocycles. The van der Waals surface area contributed by atoms with Gasteiger partial charge in [0.05, 0.1) is 40.3 Å². The Hall–Kier alpha value is -4.31. The number of allylic oxidation sites excluding steroid dienone is 20. The molecule has 0 aromatic heterocycles. The molecule has 0 aromatic rings. The minimum Gasteiger partial charge on any atom is -0.545 e. The zero-order valence-corrected chi connectivity index (χ0v) is 52.6. The molecule has 81 heavy (non-hydrogen) atoms. The molecule has 2 unspecified atom stereocenters. The molecule has 9 heteroatoms. The van der Waals surface area contributed by atoms with Crippen LogP contribution in [0.1, 0.15) is 258 Å². The lowest BCUT2D eigenvalue weighted by molar-refractivity contribution is -0.870. The number of likely N-dealkylation sites (N-methyl/N-ethyl adjacent to an activating group) is 1. The number of ether oxygens (including phenoxy) is 4. The Morgan fingerprint density at radius 3 is 1.05 bits per heavy atom. The highest BCUT2D eigenvalue weighted by Gasteiger charge is 2.22. The Bertz CT molecular complexity index is 1740. The lowest BCUT2D eigenvalue weighted by Gasteiger charge is -2.26. The Labute approximate surface area is 497 Å². The van der Waals surface area contributed by atoms with Crippen LogP contribution in [0.4, 0.5) is 0 Å². The van der Waals surface area contributed by atoms with Crippen molar-refractivity contribution in [3.05, 3.63) is 122 Å². The molecule has 9 nitrogen and oxygen atoms in total. The second-order valence-corrected chi connectivity index (χ2v) is 22.7. The van der Waals surface area contributed by atoms with Gasteiger partial charge in [-0.25, -0.2) is 0 Å². The molecule has 0 rings (SSSR count). The highest BCUT2D eigenvalue weighted by Crippen LogP contribution is 2.16. The van der Waals surface area contributed by atoms with Gasteiger partial charge in [0.15, 0.2) is 12.4 Å². The summed E-state index contributed by atoms with van der Waals surface area (Å²) in [5, 5.41) is 11.8. The summed E-state index contributed by atoms with van der Waals surface area (Å²) in [6.45, 7) is 4.62. The predicted octanol–water partition coefficient (Wildman–Crippen LogP) is 18.7. The summed E-state index contributed by atoms with van der Waals surface area (Å²) < 4.78 is 22.7. The largest absolute Gasteiger partial charge is 0.545 e. The fraction of sp³-hybridized carbons (Fsp3) is 0.681. The number of esters is 2. The number of carboxylic acid groups (broad SMARTS) is 1. The molecule has 0 fully saturated rings. The van der Waals surface area contributed by atoms with Crippen molar-refractivity contribution in [1.29, 1.82) is 0 Å². The van der Waals surface area contributed by atoms with Gasteiger partial charge in [-0.15, -0.1) is 0 Å². The van der Waals surface area contributed by atoms with Crippen LogP contribution >= 0.6 is 0 Å². The summed E-state index contributed by atoms with van der Waals surface area (Å²) in [6, 6.07) is 0. The first kappa shape index (κ1) is 76.7. The van der Waals surface area contributed by atoms with Crippen molar-refractivity contribution in [3.63, 3.8) is 0 Å². The van der Waals surface area contributed by atoms with Crippen LogP contribution in [0.3, 0.4) is 0 Å². The minimum atomic E-state index is -1.64. The lowest BCUT2D eigenvalue weighted by Crippen LogP contribution is -2.44. The van der Waals surface area contributed by atoms with Gasteiger partial charge in [0.1, 0.15) is 13.2 Å². The number of quaternary nitrogens is 1. The third-order valence-electron chi connectivity index (χ3n) is 13.7. The van der Waals surface area contributed by atoms with Gasteiger partial charge in [0.2, 0.25) is 0 Å². The quantitative estimate of drug-likeness (QED) is 0.0195. The van der Waals surface area contributed by atoms with E-state index in [1.165, 1.54) is 116 Å². The topological polar surface area (TPSA) is 111 Å². The maximum Gasteiger partial charge on any atom is 0.306 e. The van der Waals surface area contributed by atoms with Crippen LogP contribution in [0.15, 0.2) is 122 Å². The number of unbranched alkanes of at least 4 members (excludes halogenated alkanes) is 24. The number of hydrogen-bond acceptors (Lipinski definition) is 8. The van der Waals surface area contributed by atoms with E-state index in [0.29, 0.717) is 17.4 Å². The number of nitrogens with zero attached hydrogens (tertiary/aromatic N) is 1. The van der Waals surface area contributed by atoms with Gasteiger partial charge in [-0.2, -0.15) is 0 Å². The average molecular weight is 1130 g/mol. The SMILES string of the molecule is CC/C=C\C/C=C\C/C=C\C/C=C\C/C=C\C/C=C\C/C=C\C/C=C\C/C=C\C/C=C\CCCCCCC(=O)OC(COC(=O)CCCCCCCCCCCCCCCCCCCCCCC)COC(OCC[N+](C)(C)C)C(=O)[O-]. The summed E-state index contributed by atoms with van der Waals surface area (Å²) in [5.41, 5.74) is 0. The zero-order valence-electron chi connectivity index (χ0n) is 52.6. The van der Waals surface area contributed by atoms with Gasteiger partial charge in [-0.3, -0.25) is 9.59 Å². The standard InChI is InChI=1S/C72H121NO8/c1-6-8-10-12-14-16-18-20-22-24-26-28-29-30-31-32-33-34-35-36-37-38-39-40-41-43-45-47-49-51-53-55-57-59-61-63-70(75)81-68(67-80-72(71(76)77)78-65-64-73(3,4)5)66-79-69(74)62-60-58-56-54-52-50-48-46-44-42-27-25-23-21-19-17-15-13-11-9-7-2/h8,10,14,16,20,22,26,28,30-31,33-34,36-37,39-40,43,45,49,51,68,72H,6-7,9,11-13,15,17-19,21,23-25,27,29,32,35,38,41-42,44,46-48,50,52-67H2,1-5H3/b10-8-,16-14-,22-20-,28-26-,31-30-,34-33-,37-36-,40-39-,45-43-,51-49-. The van der Waals surface area contributed by atoms with Crippen molar-refractivity contribution in [1.82, 2.24) is 0 Å². The first-order valence-corrected chi connectivity index (χ1v) is 32.7. The van der Waals surface area contributed by atoms with E-state index in [9.17, 15) is 19.5 Å². The van der Waals surface area contributed by atoms with Crippen LogP contribution in [0.25, 0.3) is 0 Å². The fourth-order valence-electron chi connectivity index (χ4n) is 8.74. The summed E-state index contributed by atoms with van der Waals surface area (Å²) >= 11 is 0. The first-order chi connectivity index (χ1) is 39.6. The Balaban J connectivity index is 4.27. The van der Waals surface area contributed by atoms with Crippen molar-refractivity contribution in [2.45, 2.75) is 270 Å². The number of carbonyl (C=O) groups excluding carboxylic acids is 3. The molecule has 0 N–H and O–H groups in total. The van der Waals surface area contributed by atoms with E-state index in [4.69, 9.17) is 18.9 Å². The second kappa shape index (κ2) is 61.8. The van der Waals surface area contributed by atoms with Gasteiger partial charge in [0, 0.05) is 12.8 Å². The molecule has 0 aliphatic carbocycles. The Kier molecular flexibility index (Phi) is 58.5. The van der Waals surface area contributed by atoms with Crippen LogP contribution in [-0.4, -0.2) is 82.3 Å². The summed E-state index contributed by atoms with van der Waals surface area (Å²) in [7, 11) is 5.91. The molecule has 0 bridgehead atoms. The van der Waals surface area contributed by atoms with E-state index < -0.39 is 24.3 Å². The molecule has 2 atom stereocenters. The normalized spacial score (nSPS) is 13.5. The molecular weight excluding hydrogens is 1010 g/mol. The van der Waals surface area contributed by atoms with Crippen molar-refractivity contribution in [2.24, 2.45) is 0 Å². The molecule has 0 amide bonds. The summed E-state index contributed by atoms with van der Waals surface area (Å²) in [6.07, 6.45) is 84.0. The van der Waals surface area contributed by atoms with Crippen molar-refractivity contribution in [2.75, 3.05) is 47.5 Å². The highest BCUT2D eigenvalue weighted by atomic mass is 16.7. The molecule has 0 radical (unpaired) electrons. The number of carbonyl (C=O) groups is 3. The fourth-order valence-corrected chi connectivity index (χ4v) is 8.74. The van der Waals surface area contributed by atoms with Gasteiger partial charge in [-0.05, 0) is 89.9 Å². The lowest BCUT2D eigenvalue weighted by atomic mass is 10.0. The predicted molar refractivity (Wildman–Crippen MR) is 343 cm³/mol. The van der Waals surface area contributed by atoms with Crippen LogP contribution in [-0.2, 0) is 33.3 Å². The van der Waals surface area contributed by atoms with Crippen molar-refractivity contribution in [3.8, 4) is 0 Å². The van der Waals surface area contributed by atoms with E-state index in [2.05, 4.69) is 135 Å². The molecule has 0 aliphatic heterocycles. The highest BCUT2D eigenvalue weighted by molar-refractivity contribution is 5.70. The Morgan fingerprint density at radius 1 is 0.383 bits per heavy atom. The van der Waals surface area contributed by atoms with Gasteiger partial charge >= 0.3 is 11.9 Å². The maximum absolute atomic E-state index is 12.9. The molecule has 0 heterocycles. The molecule has 0 saturated heterocycles. The molecule has 0 aliphatic rings. The minimum absolute atomic E-state index is 0.137. The number of rotatable bonds is 59. The van der Waals surface area contributed by atoms with E-state index in [1.54, 1.807) is 0 Å². The van der Waals surface area contributed by atoms with E-state index >= 15 is 0 Å². The maximum atomic E-state index is 12.9. The Morgan fingerprint density at radius 2 is 0.704 bits per heavy atom. The smallest absolute Gasteiger partial charge is 0.306 e. The van der Waals surface area contributed by atoms with Crippen molar-refractivity contribution >= 4 is 17.9 Å². The monoisotopic (exact) mass is 1130 g/mol. The molecule has 0 spiro atoms. The summed E-state index contributed by atoms with van der Waals surface area (Å²) in [4.78, 5) is 37.4. The average Bonchev–Trinajstić information content (AvgIpc) is 3.44. The van der Waals surface area contributed by atoms with Crippen molar-refractivity contribution < 1.29 is 42.9 Å². The van der Waals surface area contributed by atoms with Crippen LogP contribution in [0.5, 0.6) is 0 Å². The van der Waals surface area contributed by atoms with Gasteiger partial charge in [-0.1, -0.05) is 277 Å². The molecule has 0 aromatic carbocycles. The third kappa shape index (κ3) is 63.1. The number of aliphatic carboxylic acids is 1. The van der Waals surface area contributed by atoms with Gasteiger partial charge in [0.25, 0.3) is 0 Å². The third-order valence-corrected chi connectivity index (χ3v) is 13.7. The van der Waals surface area contributed by atoms with Crippen LogP contribution in [0, 0.1) is 0 Å². The summed E-state index contributed by atoms with van der Waals surface area (Å²) in [5.74, 6) is -2.32. The van der Waals surface area contributed by atoms with Crippen LogP contribution in [0.2, 0.25) is 0 Å². The van der Waals surface area contributed by atoms with E-state index in [0.717, 1.165) is 109 Å². The molecule has 462 valence electrons. The zero-order chi connectivity index (χ0) is 59.1. The van der Waals surface area contributed by atoms with Crippen LogP contribution < -0.4 is 5.11 Å². The van der Waals surface area contributed by atoms with E-state index in [1.807, 2.05) is 21.1 Å².